The molecule has 3 nitrogen and oxygen atoms in total. The Morgan fingerprint density at radius 1 is 1.47 bits per heavy atom. The van der Waals surface area contributed by atoms with Gasteiger partial charge < -0.3 is 14.8 Å². The van der Waals surface area contributed by atoms with Gasteiger partial charge in [0.05, 0.1) is 12.2 Å². The smallest absolute Gasteiger partial charge is 0.0657 e. The summed E-state index contributed by atoms with van der Waals surface area (Å²) in [4.78, 5) is 0. The first kappa shape index (κ1) is 13.3. The lowest BCUT2D eigenvalue weighted by molar-refractivity contribution is -0.0963. The quantitative estimate of drug-likeness (QED) is 0.723. The predicted octanol–water partition coefficient (Wildman–Crippen LogP) is 2.21. The van der Waals surface area contributed by atoms with E-state index >= 15 is 0 Å². The predicted molar refractivity (Wildman–Crippen MR) is 69.2 cm³/mol. The summed E-state index contributed by atoms with van der Waals surface area (Å²) in [6.07, 6.45) is 5.05. The standard InChI is InChI=1S/C14H27NO2/c1-4-13(2)11-14(5-7-17-13)9-12(14)10-15-6-8-16-3/h12,15H,4-11H2,1-3H3. The average molecular weight is 241 g/mol. The van der Waals surface area contributed by atoms with Gasteiger partial charge in [0, 0.05) is 20.3 Å². The van der Waals surface area contributed by atoms with Gasteiger partial charge in [0.1, 0.15) is 0 Å². The van der Waals surface area contributed by atoms with Crippen molar-refractivity contribution in [2.45, 2.75) is 45.1 Å². The molecule has 0 aromatic heterocycles. The second kappa shape index (κ2) is 5.25. The summed E-state index contributed by atoms with van der Waals surface area (Å²) < 4.78 is 11.0. The van der Waals surface area contributed by atoms with Gasteiger partial charge >= 0.3 is 0 Å². The monoisotopic (exact) mass is 241 g/mol. The summed E-state index contributed by atoms with van der Waals surface area (Å²) >= 11 is 0. The molecule has 2 fully saturated rings. The summed E-state index contributed by atoms with van der Waals surface area (Å²) in [6.45, 7) is 8.43. The van der Waals surface area contributed by atoms with E-state index in [1.54, 1.807) is 7.11 Å². The molecule has 0 bridgehead atoms. The maximum atomic E-state index is 5.94. The average Bonchev–Trinajstić information content (AvgIpc) is 2.97. The van der Waals surface area contributed by atoms with Gasteiger partial charge in [-0.1, -0.05) is 6.92 Å². The minimum atomic E-state index is 0.138. The number of nitrogens with one attached hydrogen (secondary N) is 1. The van der Waals surface area contributed by atoms with E-state index in [0.717, 1.165) is 38.6 Å². The molecule has 3 unspecified atom stereocenters. The molecule has 0 aromatic rings. The van der Waals surface area contributed by atoms with Crippen LogP contribution in [0.5, 0.6) is 0 Å². The number of rotatable bonds is 6. The second-order valence-corrected chi connectivity index (χ2v) is 6.04. The Bertz CT molecular complexity index is 259. The third kappa shape index (κ3) is 3.01. The van der Waals surface area contributed by atoms with Crippen LogP contribution >= 0.6 is 0 Å². The largest absolute Gasteiger partial charge is 0.383 e. The number of hydrogen-bond acceptors (Lipinski definition) is 3. The highest BCUT2D eigenvalue weighted by Crippen LogP contribution is 2.62. The zero-order valence-electron chi connectivity index (χ0n) is 11.6. The van der Waals surface area contributed by atoms with Crippen LogP contribution in [-0.2, 0) is 9.47 Å². The van der Waals surface area contributed by atoms with Crippen molar-refractivity contribution < 1.29 is 9.47 Å². The van der Waals surface area contributed by atoms with E-state index in [4.69, 9.17) is 9.47 Å². The number of ether oxygens (including phenoxy) is 2. The van der Waals surface area contributed by atoms with Crippen LogP contribution in [0.2, 0.25) is 0 Å². The Morgan fingerprint density at radius 2 is 2.29 bits per heavy atom. The molecule has 1 aliphatic carbocycles. The Kier molecular flexibility index (Phi) is 4.11. The van der Waals surface area contributed by atoms with E-state index in [0.29, 0.717) is 5.41 Å². The minimum Gasteiger partial charge on any atom is -0.383 e. The van der Waals surface area contributed by atoms with E-state index in [-0.39, 0.29) is 5.60 Å². The molecule has 1 spiro atoms. The van der Waals surface area contributed by atoms with Crippen molar-refractivity contribution in [2.75, 3.05) is 33.4 Å². The fourth-order valence-electron chi connectivity index (χ4n) is 3.31. The third-order valence-electron chi connectivity index (χ3n) is 4.76. The lowest BCUT2D eigenvalue weighted by Crippen LogP contribution is -2.38. The van der Waals surface area contributed by atoms with Gasteiger partial charge in [-0.3, -0.25) is 0 Å². The van der Waals surface area contributed by atoms with Crippen molar-refractivity contribution in [1.82, 2.24) is 5.32 Å². The molecular weight excluding hydrogens is 214 g/mol. The van der Waals surface area contributed by atoms with Crippen LogP contribution in [0.3, 0.4) is 0 Å². The van der Waals surface area contributed by atoms with Crippen molar-refractivity contribution in [1.29, 1.82) is 0 Å². The second-order valence-electron chi connectivity index (χ2n) is 6.04. The summed E-state index contributed by atoms with van der Waals surface area (Å²) in [5.41, 5.74) is 0.739. The Labute approximate surface area is 105 Å². The zero-order chi connectivity index (χ0) is 12.4. The summed E-state index contributed by atoms with van der Waals surface area (Å²) in [5.74, 6) is 0.870. The molecule has 0 amide bonds. The molecule has 100 valence electrons. The highest BCUT2D eigenvalue weighted by Gasteiger charge is 2.57. The highest BCUT2D eigenvalue weighted by atomic mass is 16.5. The third-order valence-corrected chi connectivity index (χ3v) is 4.76. The first-order chi connectivity index (χ1) is 8.14. The van der Waals surface area contributed by atoms with Gasteiger partial charge in [0.15, 0.2) is 0 Å². The molecular formula is C14H27NO2. The fourth-order valence-corrected chi connectivity index (χ4v) is 3.31. The molecule has 1 saturated heterocycles. The Balaban J connectivity index is 1.75. The molecule has 1 heterocycles. The van der Waals surface area contributed by atoms with E-state index in [1.165, 1.54) is 19.3 Å². The van der Waals surface area contributed by atoms with Crippen molar-refractivity contribution in [3.63, 3.8) is 0 Å². The lowest BCUT2D eigenvalue weighted by Gasteiger charge is -2.39. The van der Waals surface area contributed by atoms with Gasteiger partial charge in [0.2, 0.25) is 0 Å². The molecule has 0 aromatic carbocycles. The lowest BCUT2D eigenvalue weighted by atomic mass is 9.81. The molecule has 17 heavy (non-hydrogen) atoms. The Morgan fingerprint density at radius 3 is 3.00 bits per heavy atom. The molecule has 0 radical (unpaired) electrons. The van der Waals surface area contributed by atoms with Crippen LogP contribution in [0.25, 0.3) is 0 Å². The fraction of sp³-hybridized carbons (Fsp3) is 1.00. The molecule has 2 aliphatic rings. The molecule has 1 aliphatic heterocycles. The summed E-state index contributed by atoms with van der Waals surface area (Å²) in [6, 6.07) is 0. The van der Waals surface area contributed by atoms with Crippen LogP contribution < -0.4 is 5.32 Å². The topological polar surface area (TPSA) is 30.5 Å². The first-order valence-electron chi connectivity index (χ1n) is 6.98. The van der Waals surface area contributed by atoms with Gasteiger partial charge in [-0.2, -0.15) is 0 Å². The SMILES string of the molecule is CCC1(C)CC2(CCO1)CC2CNCCOC. The minimum absolute atomic E-state index is 0.138. The molecule has 3 heteroatoms. The first-order valence-corrected chi connectivity index (χ1v) is 6.98. The zero-order valence-corrected chi connectivity index (χ0v) is 11.6. The molecule has 3 atom stereocenters. The van der Waals surface area contributed by atoms with Crippen molar-refractivity contribution in [2.24, 2.45) is 11.3 Å². The van der Waals surface area contributed by atoms with Crippen LogP contribution in [-0.4, -0.2) is 39.0 Å². The Hall–Kier alpha value is -0.120. The van der Waals surface area contributed by atoms with Crippen LogP contribution in [0.15, 0.2) is 0 Å². The molecule has 2 rings (SSSR count). The van der Waals surface area contributed by atoms with Gasteiger partial charge in [-0.05, 0) is 50.5 Å². The van der Waals surface area contributed by atoms with Crippen molar-refractivity contribution in [3.05, 3.63) is 0 Å². The van der Waals surface area contributed by atoms with E-state index in [1.807, 2.05) is 0 Å². The van der Waals surface area contributed by atoms with Crippen LogP contribution in [0, 0.1) is 11.3 Å². The van der Waals surface area contributed by atoms with E-state index < -0.39 is 0 Å². The summed E-state index contributed by atoms with van der Waals surface area (Å²) in [7, 11) is 1.76. The van der Waals surface area contributed by atoms with Gasteiger partial charge in [-0.25, -0.2) is 0 Å². The highest BCUT2D eigenvalue weighted by molar-refractivity contribution is 5.07. The van der Waals surface area contributed by atoms with Crippen LogP contribution in [0.4, 0.5) is 0 Å². The number of hydrogen-bond donors (Lipinski definition) is 1. The maximum Gasteiger partial charge on any atom is 0.0657 e. The summed E-state index contributed by atoms with van der Waals surface area (Å²) in [5, 5.41) is 3.50. The molecule has 1 N–H and O–H groups in total. The molecule has 1 saturated carbocycles. The van der Waals surface area contributed by atoms with Gasteiger partial charge in [-0.15, -0.1) is 0 Å². The normalized spacial score (nSPS) is 40.8. The van der Waals surface area contributed by atoms with E-state index in [9.17, 15) is 0 Å². The maximum absolute atomic E-state index is 5.94. The van der Waals surface area contributed by atoms with Gasteiger partial charge in [0.25, 0.3) is 0 Å². The number of methoxy groups -OCH3 is 1. The van der Waals surface area contributed by atoms with E-state index in [2.05, 4.69) is 19.2 Å². The van der Waals surface area contributed by atoms with Crippen molar-refractivity contribution in [3.8, 4) is 0 Å². The van der Waals surface area contributed by atoms with Crippen LogP contribution in [0.1, 0.15) is 39.5 Å². The van der Waals surface area contributed by atoms with Crippen molar-refractivity contribution >= 4 is 0 Å².